The minimum atomic E-state index is 0.0833. The molecule has 1 fully saturated rings. The SMILES string of the molecule is CCN(CC1CCC1)C(c1ccccc1Cl)C(C)N. The molecule has 2 rings (SSSR count). The summed E-state index contributed by atoms with van der Waals surface area (Å²) in [6.45, 7) is 6.46. The van der Waals surface area contributed by atoms with Gasteiger partial charge in [-0.15, -0.1) is 0 Å². The van der Waals surface area contributed by atoms with Crippen LogP contribution in [0.5, 0.6) is 0 Å². The largest absolute Gasteiger partial charge is 0.326 e. The van der Waals surface area contributed by atoms with Crippen molar-refractivity contribution in [3.05, 3.63) is 34.9 Å². The van der Waals surface area contributed by atoms with Crippen LogP contribution in [0.15, 0.2) is 24.3 Å². The fourth-order valence-electron chi connectivity index (χ4n) is 2.97. The summed E-state index contributed by atoms with van der Waals surface area (Å²) in [7, 11) is 0. The Morgan fingerprint density at radius 2 is 2.05 bits per heavy atom. The number of likely N-dealkylation sites (N-methyl/N-ethyl adjacent to an activating group) is 1. The first kappa shape index (κ1) is 14.8. The van der Waals surface area contributed by atoms with Crippen molar-refractivity contribution < 1.29 is 0 Å². The van der Waals surface area contributed by atoms with Gasteiger partial charge in [-0.2, -0.15) is 0 Å². The molecule has 106 valence electrons. The van der Waals surface area contributed by atoms with Crippen molar-refractivity contribution in [3.63, 3.8) is 0 Å². The number of benzene rings is 1. The van der Waals surface area contributed by atoms with Gasteiger partial charge in [0.15, 0.2) is 0 Å². The Balaban J connectivity index is 2.19. The summed E-state index contributed by atoms with van der Waals surface area (Å²) in [6, 6.07) is 8.41. The molecule has 2 N–H and O–H groups in total. The van der Waals surface area contributed by atoms with Crippen molar-refractivity contribution in [1.29, 1.82) is 0 Å². The molecule has 1 aliphatic rings. The average molecular weight is 281 g/mol. The Labute approximate surface area is 121 Å². The molecular weight excluding hydrogens is 256 g/mol. The number of nitrogens with zero attached hydrogens (tertiary/aromatic N) is 1. The van der Waals surface area contributed by atoms with E-state index < -0.39 is 0 Å². The minimum Gasteiger partial charge on any atom is -0.326 e. The van der Waals surface area contributed by atoms with Crippen LogP contribution in [0, 0.1) is 5.92 Å². The first-order chi connectivity index (χ1) is 9.13. The van der Waals surface area contributed by atoms with Crippen LogP contribution < -0.4 is 5.73 Å². The Bertz CT molecular complexity index is 401. The van der Waals surface area contributed by atoms with Crippen molar-refractivity contribution in [2.75, 3.05) is 13.1 Å². The van der Waals surface area contributed by atoms with Gasteiger partial charge in [0.1, 0.15) is 0 Å². The van der Waals surface area contributed by atoms with E-state index in [4.69, 9.17) is 17.3 Å². The van der Waals surface area contributed by atoms with E-state index in [1.54, 1.807) is 0 Å². The van der Waals surface area contributed by atoms with Crippen molar-refractivity contribution in [2.45, 2.75) is 45.2 Å². The van der Waals surface area contributed by atoms with E-state index >= 15 is 0 Å². The smallest absolute Gasteiger partial charge is 0.0511 e. The molecule has 0 aromatic heterocycles. The average Bonchev–Trinajstić information content (AvgIpc) is 2.33. The summed E-state index contributed by atoms with van der Waals surface area (Å²) in [4.78, 5) is 2.50. The predicted octanol–water partition coefficient (Wildman–Crippen LogP) is 3.85. The zero-order valence-electron chi connectivity index (χ0n) is 12.0. The Morgan fingerprint density at radius 3 is 2.53 bits per heavy atom. The van der Waals surface area contributed by atoms with Gasteiger partial charge in [-0.3, -0.25) is 4.90 Å². The third kappa shape index (κ3) is 3.50. The molecule has 1 aromatic rings. The van der Waals surface area contributed by atoms with Gasteiger partial charge < -0.3 is 5.73 Å². The summed E-state index contributed by atoms with van der Waals surface area (Å²) in [6.07, 6.45) is 4.12. The third-order valence-electron chi connectivity index (χ3n) is 4.24. The summed E-state index contributed by atoms with van der Waals surface area (Å²) in [5.74, 6) is 0.851. The van der Waals surface area contributed by atoms with Crippen LogP contribution in [0.3, 0.4) is 0 Å². The van der Waals surface area contributed by atoms with Crippen LogP contribution in [0.4, 0.5) is 0 Å². The van der Waals surface area contributed by atoms with Crippen molar-refractivity contribution >= 4 is 11.6 Å². The lowest BCUT2D eigenvalue weighted by Crippen LogP contribution is -2.43. The Morgan fingerprint density at radius 1 is 1.37 bits per heavy atom. The molecule has 0 amide bonds. The minimum absolute atomic E-state index is 0.0833. The van der Waals surface area contributed by atoms with Gasteiger partial charge in [0.25, 0.3) is 0 Å². The first-order valence-corrected chi connectivity index (χ1v) is 7.75. The van der Waals surface area contributed by atoms with E-state index in [-0.39, 0.29) is 12.1 Å². The highest BCUT2D eigenvalue weighted by Crippen LogP contribution is 2.33. The molecule has 1 aliphatic carbocycles. The van der Waals surface area contributed by atoms with Crippen LogP contribution in [-0.2, 0) is 0 Å². The highest BCUT2D eigenvalue weighted by Gasteiger charge is 2.28. The van der Waals surface area contributed by atoms with Gasteiger partial charge in [-0.25, -0.2) is 0 Å². The van der Waals surface area contributed by atoms with E-state index in [9.17, 15) is 0 Å². The Hall–Kier alpha value is -0.570. The molecule has 0 heterocycles. The highest BCUT2D eigenvalue weighted by molar-refractivity contribution is 6.31. The van der Waals surface area contributed by atoms with Gasteiger partial charge in [0.2, 0.25) is 0 Å². The van der Waals surface area contributed by atoms with E-state index in [2.05, 4.69) is 24.8 Å². The van der Waals surface area contributed by atoms with E-state index in [1.807, 2.05) is 18.2 Å². The second-order valence-corrected chi connectivity index (χ2v) is 6.12. The number of hydrogen-bond acceptors (Lipinski definition) is 2. The molecule has 2 nitrogen and oxygen atoms in total. The molecule has 0 bridgehead atoms. The van der Waals surface area contributed by atoms with Crippen LogP contribution in [0.25, 0.3) is 0 Å². The number of nitrogens with two attached hydrogens (primary N) is 1. The maximum Gasteiger partial charge on any atom is 0.0511 e. The molecule has 0 aliphatic heterocycles. The monoisotopic (exact) mass is 280 g/mol. The van der Waals surface area contributed by atoms with Crippen molar-refractivity contribution in [3.8, 4) is 0 Å². The molecule has 2 unspecified atom stereocenters. The molecule has 0 saturated heterocycles. The lowest BCUT2D eigenvalue weighted by atomic mass is 9.84. The molecule has 2 atom stereocenters. The standard InChI is InChI=1S/C16H25ClN2/c1-3-19(11-13-7-6-8-13)16(12(2)18)14-9-4-5-10-15(14)17/h4-5,9-10,12-13,16H,3,6-8,11,18H2,1-2H3. The lowest BCUT2D eigenvalue weighted by Gasteiger charge is -2.39. The van der Waals surface area contributed by atoms with Gasteiger partial charge in [-0.05, 0) is 43.9 Å². The van der Waals surface area contributed by atoms with Crippen LogP contribution >= 0.6 is 11.6 Å². The maximum atomic E-state index is 6.37. The summed E-state index contributed by atoms with van der Waals surface area (Å²) >= 11 is 6.37. The zero-order chi connectivity index (χ0) is 13.8. The van der Waals surface area contributed by atoms with Gasteiger partial charge >= 0.3 is 0 Å². The summed E-state index contributed by atoms with van der Waals surface area (Å²) in [5.41, 5.74) is 7.42. The molecular formula is C16H25ClN2. The fourth-order valence-corrected chi connectivity index (χ4v) is 3.22. The highest BCUT2D eigenvalue weighted by atomic mass is 35.5. The fraction of sp³-hybridized carbons (Fsp3) is 0.625. The molecule has 19 heavy (non-hydrogen) atoms. The van der Waals surface area contributed by atoms with Gasteiger partial charge in [-0.1, -0.05) is 43.1 Å². The second-order valence-electron chi connectivity index (χ2n) is 5.71. The molecule has 1 saturated carbocycles. The molecule has 1 aromatic carbocycles. The zero-order valence-corrected chi connectivity index (χ0v) is 12.7. The molecule has 0 spiro atoms. The van der Waals surface area contributed by atoms with Crippen LogP contribution in [0.1, 0.15) is 44.7 Å². The topological polar surface area (TPSA) is 29.3 Å². The number of hydrogen-bond donors (Lipinski definition) is 1. The lowest BCUT2D eigenvalue weighted by molar-refractivity contribution is 0.125. The second kappa shape index (κ2) is 6.74. The van der Waals surface area contributed by atoms with E-state index in [0.29, 0.717) is 0 Å². The summed E-state index contributed by atoms with van der Waals surface area (Å²) in [5, 5.41) is 0.830. The van der Waals surface area contributed by atoms with E-state index in [0.717, 1.165) is 24.0 Å². The number of halogens is 1. The van der Waals surface area contributed by atoms with Gasteiger partial charge in [0, 0.05) is 17.6 Å². The van der Waals surface area contributed by atoms with Crippen molar-refractivity contribution in [2.24, 2.45) is 11.7 Å². The quantitative estimate of drug-likeness (QED) is 0.858. The predicted molar refractivity (Wildman–Crippen MR) is 82.4 cm³/mol. The van der Waals surface area contributed by atoms with Gasteiger partial charge in [0.05, 0.1) is 6.04 Å². The normalized spacial score (nSPS) is 19.2. The maximum absolute atomic E-state index is 6.37. The third-order valence-corrected chi connectivity index (χ3v) is 4.58. The first-order valence-electron chi connectivity index (χ1n) is 7.37. The van der Waals surface area contributed by atoms with Crippen molar-refractivity contribution in [1.82, 2.24) is 4.90 Å². The number of rotatable bonds is 6. The Kier molecular flexibility index (Phi) is 5.26. The summed E-state index contributed by atoms with van der Waals surface area (Å²) < 4.78 is 0. The van der Waals surface area contributed by atoms with E-state index in [1.165, 1.54) is 24.8 Å². The molecule has 3 heteroatoms. The van der Waals surface area contributed by atoms with Crippen LogP contribution in [-0.4, -0.2) is 24.0 Å². The molecule has 0 radical (unpaired) electrons. The van der Waals surface area contributed by atoms with Crippen LogP contribution in [0.2, 0.25) is 5.02 Å².